The van der Waals surface area contributed by atoms with E-state index >= 15 is 0 Å². The van der Waals surface area contributed by atoms with Crippen LogP contribution in [-0.2, 0) is 15.6 Å². The molecule has 1 N–H and O–H groups in total. The molecule has 0 aliphatic rings. The van der Waals surface area contributed by atoms with Crippen LogP contribution in [0.5, 0.6) is 0 Å². The second-order valence-electron chi connectivity index (χ2n) is 3.71. The Kier molecular flexibility index (Phi) is 3.74. The highest BCUT2D eigenvalue weighted by Gasteiger charge is 2.20. The van der Waals surface area contributed by atoms with Crippen LogP contribution in [-0.4, -0.2) is 23.6 Å². The summed E-state index contributed by atoms with van der Waals surface area (Å²) in [5.41, 5.74) is 0.589. The maximum Gasteiger partial charge on any atom is 0.267 e. The fraction of sp³-hybridized carbons (Fsp3) is 0.200. The average molecular weight is 351 g/mol. The normalized spacial score (nSPS) is 11.7. The third kappa shape index (κ3) is 2.90. The second-order valence-corrected chi connectivity index (χ2v) is 6.86. The highest BCUT2D eigenvalue weighted by atomic mass is 79.9. The molecule has 0 aliphatic carbocycles. The summed E-state index contributed by atoms with van der Waals surface area (Å²) in [4.78, 5) is 3.82. The predicted octanol–water partition coefficient (Wildman–Crippen LogP) is 2.50. The van der Waals surface area contributed by atoms with Gasteiger partial charge in [-0.05, 0) is 40.5 Å². The molecule has 0 atom stereocenters. The molecule has 0 bridgehead atoms. The van der Waals surface area contributed by atoms with E-state index in [0.717, 1.165) is 4.47 Å². The molecule has 0 amide bonds. The summed E-state index contributed by atoms with van der Waals surface area (Å²) in [6.07, 6.45) is 0. The molecule has 1 heterocycles. The standard InChI is InChI=1S/C10H9BrClN3O2S/c1-6-13-10(15-14-6)18(16,17)5-7-2-3-8(11)9(12)4-7/h2-4H,5H2,1H3,(H,13,14,15). The first kappa shape index (κ1) is 13.5. The van der Waals surface area contributed by atoms with Crippen molar-refractivity contribution < 1.29 is 8.42 Å². The molecule has 0 spiro atoms. The number of sulfone groups is 1. The molecule has 2 aromatic rings. The smallest absolute Gasteiger partial charge is 0.262 e. The van der Waals surface area contributed by atoms with Gasteiger partial charge < -0.3 is 0 Å². The SMILES string of the molecule is Cc1nc(S(=O)(=O)Cc2ccc(Br)c(Cl)c2)n[nH]1. The number of rotatable bonds is 3. The summed E-state index contributed by atoms with van der Waals surface area (Å²) < 4.78 is 24.7. The number of hydrogen-bond acceptors (Lipinski definition) is 4. The van der Waals surface area contributed by atoms with Crippen molar-refractivity contribution in [3.8, 4) is 0 Å². The number of aromatic nitrogens is 3. The third-order valence-corrected chi connectivity index (χ3v) is 4.88. The summed E-state index contributed by atoms with van der Waals surface area (Å²) in [6.45, 7) is 1.64. The lowest BCUT2D eigenvalue weighted by atomic mass is 10.2. The lowest BCUT2D eigenvalue weighted by Crippen LogP contribution is -2.07. The second kappa shape index (κ2) is 4.99. The van der Waals surface area contributed by atoms with Gasteiger partial charge in [0.25, 0.3) is 5.16 Å². The van der Waals surface area contributed by atoms with Gasteiger partial charge in [0.05, 0.1) is 10.8 Å². The molecule has 5 nitrogen and oxygen atoms in total. The van der Waals surface area contributed by atoms with Crippen LogP contribution in [0.1, 0.15) is 11.4 Å². The molecule has 0 aliphatic heterocycles. The summed E-state index contributed by atoms with van der Waals surface area (Å²) in [5.74, 6) is 0.277. The maximum absolute atomic E-state index is 12.0. The van der Waals surface area contributed by atoms with E-state index in [4.69, 9.17) is 11.6 Å². The number of aryl methyl sites for hydroxylation is 1. The van der Waals surface area contributed by atoms with Crippen molar-refractivity contribution >= 4 is 37.4 Å². The van der Waals surface area contributed by atoms with Crippen molar-refractivity contribution in [3.05, 3.63) is 39.1 Å². The van der Waals surface area contributed by atoms with Gasteiger partial charge in [-0.3, -0.25) is 5.10 Å². The number of nitrogens with one attached hydrogen (secondary N) is 1. The Balaban J connectivity index is 2.30. The zero-order valence-electron chi connectivity index (χ0n) is 9.31. The molecular weight excluding hydrogens is 342 g/mol. The van der Waals surface area contributed by atoms with Crippen molar-refractivity contribution in [2.75, 3.05) is 0 Å². The van der Waals surface area contributed by atoms with Gasteiger partial charge in [-0.1, -0.05) is 17.7 Å². The zero-order valence-corrected chi connectivity index (χ0v) is 12.5. The maximum atomic E-state index is 12.0. The number of hydrogen-bond donors (Lipinski definition) is 1. The summed E-state index contributed by atoms with van der Waals surface area (Å²) in [6, 6.07) is 4.99. The van der Waals surface area contributed by atoms with Crippen LogP contribution in [0, 0.1) is 6.92 Å². The quantitative estimate of drug-likeness (QED) is 0.923. The van der Waals surface area contributed by atoms with E-state index in [9.17, 15) is 8.42 Å². The molecule has 1 aromatic heterocycles. The van der Waals surface area contributed by atoms with E-state index in [1.165, 1.54) is 0 Å². The van der Waals surface area contributed by atoms with E-state index in [-0.39, 0.29) is 10.9 Å². The predicted molar refractivity (Wildman–Crippen MR) is 71.2 cm³/mol. The van der Waals surface area contributed by atoms with E-state index in [1.807, 2.05) is 0 Å². The first-order valence-electron chi connectivity index (χ1n) is 4.94. The molecule has 0 fully saturated rings. The van der Waals surface area contributed by atoms with Crippen molar-refractivity contribution in [2.24, 2.45) is 0 Å². The topological polar surface area (TPSA) is 75.7 Å². The number of halogens is 2. The van der Waals surface area contributed by atoms with Crippen molar-refractivity contribution in [1.29, 1.82) is 0 Å². The van der Waals surface area contributed by atoms with Gasteiger partial charge in [-0.25, -0.2) is 13.4 Å². The Morgan fingerprint density at radius 2 is 2.17 bits per heavy atom. The highest BCUT2D eigenvalue weighted by molar-refractivity contribution is 9.10. The Labute approximate surface area is 118 Å². The van der Waals surface area contributed by atoms with Gasteiger partial charge in [0, 0.05) is 4.47 Å². The molecule has 0 radical (unpaired) electrons. The lowest BCUT2D eigenvalue weighted by molar-refractivity contribution is 0.587. The minimum absolute atomic E-state index is 0.183. The molecule has 2 rings (SSSR count). The molecular formula is C10H9BrClN3O2S. The molecule has 18 heavy (non-hydrogen) atoms. The first-order valence-corrected chi connectivity index (χ1v) is 7.76. The van der Waals surface area contributed by atoms with Gasteiger partial charge in [0.2, 0.25) is 9.84 Å². The van der Waals surface area contributed by atoms with Crippen LogP contribution < -0.4 is 0 Å². The monoisotopic (exact) mass is 349 g/mol. The molecule has 0 unspecified atom stereocenters. The van der Waals surface area contributed by atoms with Crippen LogP contribution in [0.2, 0.25) is 5.02 Å². The van der Waals surface area contributed by atoms with E-state index < -0.39 is 9.84 Å². The first-order chi connectivity index (χ1) is 8.38. The molecule has 96 valence electrons. The average Bonchev–Trinajstić information content (AvgIpc) is 2.71. The molecule has 1 aromatic carbocycles. The number of benzene rings is 1. The highest BCUT2D eigenvalue weighted by Crippen LogP contribution is 2.24. The summed E-state index contributed by atoms with van der Waals surface area (Å²) >= 11 is 9.16. The number of H-pyrrole nitrogens is 1. The largest absolute Gasteiger partial charge is 0.267 e. The van der Waals surface area contributed by atoms with Crippen LogP contribution in [0.3, 0.4) is 0 Å². The van der Waals surface area contributed by atoms with Crippen LogP contribution in [0.25, 0.3) is 0 Å². The third-order valence-electron chi connectivity index (χ3n) is 2.20. The van der Waals surface area contributed by atoms with Crippen molar-refractivity contribution in [2.45, 2.75) is 17.8 Å². The minimum atomic E-state index is -3.55. The number of nitrogens with zero attached hydrogens (tertiary/aromatic N) is 2. The van der Waals surface area contributed by atoms with Crippen molar-refractivity contribution in [1.82, 2.24) is 15.2 Å². The van der Waals surface area contributed by atoms with Gasteiger partial charge in [-0.2, -0.15) is 0 Å². The fourth-order valence-corrected chi connectivity index (χ4v) is 3.03. The van der Waals surface area contributed by atoms with Gasteiger partial charge in [0.1, 0.15) is 5.82 Å². The van der Waals surface area contributed by atoms with E-state index in [2.05, 4.69) is 31.1 Å². The van der Waals surface area contributed by atoms with E-state index in [1.54, 1.807) is 25.1 Å². The van der Waals surface area contributed by atoms with E-state index in [0.29, 0.717) is 16.4 Å². The molecule has 8 heteroatoms. The fourth-order valence-electron chi connectivity index (χ4n) is 1.37. The van der Waals surface area contributed by atoms with Crippen LogP contribution in [0.15, 0.2) is 27.8 Å². The summed E-state index contributed by atoms with van der Waals surface area (Å²) in [5, 5.41) is 6.44. The summed E-state index contributed by atoms with van der Waals surface area (Å²) in [7, 11) is -3.55. The minimum Gasteiger partial charge on any atom is -0.262 e. The van der Waals surface area contributed by atoms with Crippen molar-refractivity contribution in [3.63, 3.8) is 0 Å². The van der Waals surface area contributed by atoms with Crippen LogP contribution in [0.4, 0.5) is 0 Å². The lowest BCUT2D eigenvalue weighted by Gasteiger charge is -2.02. The van der Waals surface area contributed by atoms with Gasteiger partial charge in [-0.15, -0.1) is 5.10 Å². The van der Waals surface area contributed by atoms with Gasteiger partial charge in [0.15, 0.2) is 0 Å². The molecule has 0 saturated heterocycles. The van der Waals surface area contributed by atoms with Crippen LogP contribution >= 0.6 is 27.5 Å². The Bertz CT molecular complexity index is 684. The Morgan fingerprint density at radius 1 is 1.44 bits per heavy atom. The Morgan fingerprint density at radius 3 is 2.72 bits per heavy atom. The number of aromatic amines is 1. The Hall–Kier alpha value is -0.920. The van der Waals surface area contributed by atoms with Gasteiger partial charge >= 0.3 is 0 Å². The molecule has 0 saturated carbocycles. The zero-order chi connectivity index (χ0) is 13.3.